The maximum atomic E-state index is 12.7. The van der Waals surface area contributed by atoms with Crippen molar-refractivity contribution in [3.8, 4) is 0 Å². The van der Waals surface area contributed by atoms with Crippen LogP contribution in [0, 0.1) is 0 Å². The van der Waals surface area contributed by atoms with Crippen molar-refractivity contribution in [3.05, 3.63) is 27.9 Å². The van der Waals surface area contributed by atoms with E-state index in [4.69, 9.17) is 0 Å². The molecular formula is C10H12F3N3O4. The van der Waals surface area contributed by atoms with E-state index in [0.29, 0.717) is 6.33 Å². The molecular weight excluding hydrogens is 283 g/mol. The topological polar surface area (TPSA) is 115 Å². The highest BCUT2D eigenvalue weighted by molar-refractivity contribution is 5.72. The summed E-state index contributed by atoms with van der Waals surface area (Å²) in [7, 11) is 0. The molecule has 0 saturated carbocycles. The molecule has 1 aromatic heterocycles. The first kappa shape index (κ1) is 16.1. The van der Waals surface area contributed by atoms with Crippen LogP contribution in [-0.4, -0.2) is 38.7 Å². The number of aromatic nitrogens is 2. The van der Waals surface area contributed by atoms with Crippen molar-refractivity contribution in [1.29, 1.82) is 0 Å². The molecule has 10 heteroatoms. The highest BCUT2D eigenvalue weighted by Crippen LogP contribution is 2.31. The Morgan fingerprint density at radius 2 is 2.10 bits per heavy atom. The summed E-state index contributed by atoms with van der Waals surface area (Å²) in [6.45, 7) is 0.610. The van der Waals surface area contributed by atoms with E-state index in [1.54, 1.807) is 0 Å². The van der Waals surface area contributed by atoms with E-state index in [0.717, 1.165) is 6.92 Å². The van der Waals surface area contributed by atoms with Crippen LogP contribution in [0.3, 0.4) is 0 Å². The van der Waals surface area contributed by atoms with E-state index in [1.165, 1.54) is 0 Å². The van der Waals surface area contributed by atoms with Gasteiger partial charge in [-0.25, -0.2) is 4.98 Å². The summed E-state index contributed by atoms with van der Waals surface area (Å²) in [5.41, 5.74) is -3.91. The van der Waals surface area contributed by atoms with E-state index in [-0.39, 0.29) is 0 Å². The molecule has 0 aromatic carbocycles. The van der Waals surface area contributed by atoms with Gasteiger partial charge < -0.3 is 20.5 Å². The van der Waals surface area contributed by atoms with Gasteiger partial charge in [0.2, 0.25) is 5.91 Å². The molecule has 7 nitrogen and oxygen atoms in total. The van der Waals surface area contributed by atoms with Crippen molar-refractivity contribution in [2.24, 2.45) is 0 Å². The molecule has 1 heterocycles. The first-order chi connectivity index (χ1) is 9.14. The zero-order valence-corrected chi connectivity index (χ0v) is 10.2. The molecule has 1 aromatic rings. The van der Waals surface area contributed by atoms with Crippen molar-refractivity contribution < 1.29 is 28.2 Å². The van der Waals surface area contributed by atoms with E-state index >= 15 is 0 Å². The highest BCUT2D eigenvalue weighted by Gasteiger charge is 2.40. The summed E-state index contributed by atoms with van der Waals surface area (Å²) in [6.07, 6.45) is -8.35. The molecule has 1 rings (SSSR count). The second-order valence-electron chi connectivity index (χ2n) is 3.94. The summed E-state index contributed by atoms with van der Waals surface area (Å²) < 4.78 is 38.1. The van der Waals surface area contributed by atoms with Crippen LogP contribution in [0.4, 0.5) is 13.2 Å². The number of carbonyl (C=O) groups excluding carboxylic acids is 1. The average Bonchev–Trinajstić information content (AvgIpc) is 2.33. The molecule has 0 bridgehead atoms. The fourth-order valence-electron chi connectivity index (χ4n) is 1.46. The smallest absolute Gasteiger partial charge is 0.388 e. The zero-order chi connectivity index (χ0) is 15.5. The van der Waals surface area contributed by atoms with Crippen LogP contribution in [0.5, 0.6) is 0 Å². The summed E-state index contributed by atoms with van der Waals surface area (Å²) in [5.74, 6) is -0.549. The monoisotopic (exact) mass is 295 g/mol. The van der Waals surface area contributed by atoms with E-state index in [1.807, 2.05) is 4.98 Å². The Hall–Kier alpha value is -1.94. The van der Waals surface area contributed by atoms with Crippen LogP contribution in [0.2, 0.25) is 0 Å². The van der Waals surface area contributed by atoms with Gasteiger partial charge >= 0.3 is 6.18 Å². The minimum Gasteiger partial charge on any atom is -0.388 e. The normalized spacial score (nSPS) is 14.7. The maximum Gasteiger partial charge on any atom is 0.433 e. The summed E-state index contributed by atoms with van der Waals surface area (Å²) in [4.78, 5) is 26.9. The molecule has 20 heavy (non-hydrogen) atoms. The predicted molar refractivity (Wildman–Crippen MR) is 59.5 cm³/mol. The van der Waals surface area contributed by atoms with Gasteiger partial charge in [0.15, 0.2) is 5.69 Å². The maximum absolute atomic E-state index is 12.7. The summed E-state index contributed by atoms with van der Waals surface area (Å²) >= 11 is 0. The zero-order valence-electron chi connectivity index (χ0n) is 10.2. The second kappa shape index (κ2) is 6.01. The van der Waals surface area contributed by atoms with Crippen LogP contribution < -0.4 is 10.9 Å². The lowest BCUT2D eigenvalue weighted by atomic mass is 10.0. The standard InChI is InChI=1S/C10H12F3N3O4/c1-4(17)14-2-5(18)7(19)6-8(10(11,12)13)15-3-16-9(6)20/h3,5,7,18-19H,2H2,1H3,(H,14,17)(H,15,16,20). The molecule has 4 N–H and O–H groups in total. The largest absolute Gasteiger partial charge is 0.433 e. The highest BCUT2D eigenvalue weighted by atomic mass is 19.4. The summed E-state index contributed by atoms with van der Waals surface area (Å²) in [6, 6.07) is 0. The fourth-order valence-corrected chi connectivity index (χ4v) is 1.46. The Morgan fingerprint density at radius 1 is 1.50 bits per heavy atom. The lowest BCUT2D eigenvalue weighted by Gasteiger charge is -2.20. The van der Waals surface area contributed by atoms with Crippen LogP contribution >= 0.6 is 0 Å². The number of H-pyrrole nitrogens is 1. The lowest BCUT2D eigenvalue weighted by molar-refractivity contribution is -0.144. The van der Waals surface area contributed by atoms with Gasteiger partial charge in [0, 0.05) is 13.5 Å². The third-order valence-electron chi connectivity index (χ3n) is 2.38. The van der Waals surface area contributed by atoms with Crippen molar-refractivity contribution in [2.45, 2.75) is 25.3 Å². The van der Waals surface area contributed by atoms with E-state index < -0.39 is 47.7 Å². The lowest BCUT2D eigenvalue weighted by Crippen LogP contribution is -2.37. The van der Waals surface area contributed by atoms with E-state index in [2.05, 4.69) is 10.3 Å². The van der Waals surface area contributed by atoms with Gasteiger partial charge in [0.1, 0.15) is 12.2 Å². The molecule has 2 unspecified atom stereocenters. The Balaban J connectivity index is 3.12. The number of aliphatic hydroxyl groups excluding tert-OH is 2. The molecule has 0 saturated heterocycles. The first-order valence-corrected chi connectivity index (χ1v) is 5.40. The molecule has 0 fully saturated rings. The molecule has 0 radical (unpaired) electrons. The van der Waals surface area contributed by atoms with Gasteiger partial charge in [0.25, 0.3) is 5.56 Å². The Bertz CT molecular complexity index is 543. The molecule has 112 valence electrons. The van der Waals surface area contributed by atoms with Crippen molar-refractivity contribution in [2.75, 3.05) is 6.54 Å². The Morgan fingerprint density at radius 3 is 2.60 bits per heavy atom. The SMILES string of the molecule is CC(=O)NCC(O)C(O)c1c(C(F)(F)F)nc[nH]c1=O. The number of aliphatic hydroxyl groups is 2. The molecule has 0 spiro atoms. The number of nitrogens with zero attached hydrogens (tertiary/aromatic N) is 1. The van der Waals surface area contributed by atoms with Crippen LogP contribution in [0.1, 0.15) is 24.3 Å². The first-order valence-electron chi connectivity index (χ1n) is 5.40. The van der Waals surface area contributed by atoms with Crippen molar-refractivity contribution in [3.63, 3.8) is 0 Å². The van der Waals surface area contributed by atoms with Gasteiger partial charge in [-0.15, -0.1) is 0 Å². The van der Waals surface area contributed by atoms with Gasteiger partial charge in [-0.2, -0.15) is 13.2 Å². The number of hydrogen-bond donors (Lipinski definition) is 4. The van der Waals surface area contributed by atoms with Gasteiger partial charge in [-0.3, -0.25) is 9.59 Å². The minimum absolute atomic E-state index is 0.512. The predicted octanol–water partition coefficient (Wildman–Crippen LogP) is -0.681. The Labute approximate surface area is 110 Å². The second-order valence-corrected chi connectivity index (χ2v) is 3.94. The third-order valence-corrected chi connectivity index (χ3v) is 2.38. The molecule has 2 atom stereocenters. The van der Waals surface area contributed by atoms with Gasteiger partial charge in [0.05, 0.1) is 11.9 Å². The van der Waals surface area contributed by atoms with Crippen molar-refractivity contribution in [1.82, 2.24) is 15.3 Å². The number of aromatic amines is 1. The average molecular weight is 295 g/mol. The number of nitrogens with one attached hydrogen (secondary N) is 2. The number of rotatable bonds is 4. The number of halogens is 3. The van der Waals surface area contributed by atoms with E-state index in [9.17, 15) is 33.0 Å². The fraction of sp³-hybridized carbons (Fsp3) is 0.500. The minimum atomic E-state index is -4.96. The van der Waals surface area contributed by atoms with Crippen molar-refractivity contribution >= 4 is 5.91 Å². The molecule has 0 aliphatic heterocycles. The molecule has 0 aliphatic rings. The third kappa shape index (κ3) is 3.78. The van der Waals surface area contributed by atoms with Crippen LogP contribution in [0.25, 0.3) is 0 Å². The summed E-state index contributed by atoms with van der Waals surface area (Å²) in [5, 5.41) is 21.3. The van der Waals surface area contributed by atoms with Crippen LogP contribution in [0.15, 0.2) is 11.1 Å². The van der Waals surface area contributed by atoms with Gasteiger partial charge in [-0.1, -0.05) is 0 Å². The molecule has 0 aliphatic carbocycles. The quantitative estimate of drug-likeness (QED) is 0.587. The number of carbonyl (C=O) groups is 1. The Kier molecular flexibility index (Phi) is 4.84. The number of amides is 1. The molecule has 1 amide bonds. The van der Waals surface area contributed by atoms with Crippen LogP contribution in [-0.2, 0) is 11.0 Å². The number of hydrogen-bond acceptors (Lipinski definition) is 5. The number of alkyl halides is 3. The van der Waals surface area contributed by atoms with Gasteiger partial charge in [-0.05, 0) is 0 Å².